The van der Waals surface area contributed by atoms with E-state index >= 15 is 0 Å². The summed E-state index contributed by atoms with van der Waals surface area (Å²) in [6.45, 7) is 2.31. The minimum Gasteiger partial charge on any atom is -0.306 e. The molecule has 0 aliphatic carbocycles. The number of thiazole rings is 1. The topological polar surface area (TPSA) is 61.9 Å². The highest BCUT2D eigenvalue weighted by atomic mass is 32.1. The van der Waals surface area contributed by atoms with E-state index in [1.54, 1.807) is 11.3 Å². The van der Waals surface area contributed by atoms with Crippen molar-refractivity contribution in [2.75, 3.05) is 6.54 Å². The van der Waals surface area contributed by atoms with Gasteiger partial charge in [0, 0.05) is 37.0 Å². The highest BCUT2D eigenvalue weighted by Gasteiger charge is 2.21. The number of aromatic nitrogens is 3. The van der Waals surface area contributed by atoms with E-state index in [1.165, 1.54) is 0 Å². The highest BCUT2D eigenvalue weighted by molar-refractivity contribution is 7.07. The number of rotatable bonds is 3. The number of fused-ring (bicyclic) bond motifs is 1. The van der Waals surface area contributed by atoms with Crippen LogP contribution < -0.4 is 5.56 Å². The van der Waals surface area contributed by atoms with Crippen molar-refractivity contribution in [1.29, 1.82) is 0 Å². The molecule has 0 fully saturated rings. The van der Waals surface area contributed by atoms with Gasteiger partial charge in [0.1, 0.15) is 5.82 Å². The van der Waals surface area contributed by atoms with Crippen LogP contribution in [0.15, 0.2) is 46.0 Å². The molecule has 0 atom stereocenters. The maximum absolute atomic E-state index is 12.5. The zero-order valence-electron chi connectivity index (χ0n) is 12.5. The van der Waals surface area contributed by atoms with E-state index in [0.29, 0.717) is 12.4 Å². The molecule has 0 spiro atoms. The molecule has 0 bridgehead atoms. The van der Waals surface area contributed by atoms with Crippen LogP contribution in [0.4, 0.5) is 0 Å². The van der Waals surface area contributed by atoms with Gasteiger partial charge in [-0.2, -0.15) is 0 Å². The number of aromatic amines is 1. The molecule has 1 aromatic carbocycles. The van der Waals surface area contributed by atoms with Gasteiger partial charge in [-0.05, 0) is 0 Å². The average Bonchev–Trinajstić information content (AvgIpc) is 3.09. The molecule has 1 N–H and O–H groups in total. The van der Waals surface area contributed by atoms with Gasteiger partial charge in [0.05, 0.1) is 22.5 Å². The van der Waals surface area contributed by atoms with Gasteiger partial charge in [0.25, 0.3) is 5.56 Å². The molecule has 2 aromatic heterocycles. The second-order valence-corrected chi connectivity index (χ2v) is 6.36. The Morgan fingerprint density at radius 1 is 1.26 bits per heavy atom. The molecule has 4 rings (SSSR count). The second-order valence-electron chi connectivity index (χ2n) is 5.65. The Morgan fingerprint density at radius 2 is 2.13 bits per heavy atom. The Balaban J connectivity index is 1.62. The van der Waals surface area contributed by atoms with Crippen molar-refractivity contribution in [1.82, 2.24) is 19.9 Å². The molecule has 0 radical (unpaired) electrons. The molecular weight excluding hydrogens is 308 g/mol. The lowest BCUT2D eigenvalue weighted by molar-refractivity contribution is 0.239. The van der Waals surface area contributed by atoms with E-state index in [2.05, 4.69) is 25.2 Å². The lowest BCUT2D eigenvalue weighted by Crippen LogP contribution is -2.35. The number of benzene rings is 1. The first kappa shape index (κ1) is 14.3. The Labute approximate surface area is 137 Å². The molecule has 23 heavy (non-hydrogen) atoms. The summed E-state index contributed by atoms with van der Waals surface area (Å²) < 4.78 is 0. The standard InChI is InChI=1S/C17H16N4OS/c22-17-14-9-21(8-13-10-23-11-18-13)7-6-15(14)19-16(20-17)12-4-2-1-3-5-12/h1-5,10-11H,6-9H2,(H,19,20,22). The van der Waals surface area contributed by atoms with Crippen LogP contribution in [0.3, 0.4) is 0 Å². The monoisotopic (exact) mass is 324 g/mol. The second kappa shape index (κ2) is 6.06. The summed E-state index contributed by atoms with van der Waals surface area (Å²) in [4.78, 5) is 26.6. The smallest absolute Gasteiger partial charge is 0.255 e. The van der Waals surface area contributed by atoms with Crippen LogP contribution in [0.2, 0.25) is 0 Å². The van der Waals surface area contributed by atoms with E-state index in [1.807, 2.05) is 35.8 Å². The van der Waals surface area contributed by atoms with Crippen molar-refractivity contribution in [2.45, 2.75) is 19.5 Å². The minimum atomic E-state index is -0.0307. The summed E-state index contributed by atoms with van der Waals surface area (Å²) in [6, 6.07) is 9.77. The average molecular weight is 324 g/mol. The molecule has 1 aliphatic rings. The molecule has 0 saturated carbocycles. The molecule has 0 amide bonds. The summed E-state index contributed by atoms with van der Waals surface area (Å²) in [7, 11) is 0. The van der Waals surface area contributed by atoms with Gasteiger partial charge in [-0.25, -0.2) is 9.97 Å². The molecule has 0 unspecified atom stereocenters. The molecule has 0 saturated heterocycles. The third-order valence-electron chi connectivity index (χ3n) is 4.06. The molecule has 3 aromatic rings. The van der Waals surface area contributed by atoms with Gasteiger partial charge in [0.2, 0.25) is 0 Å². The van der Waals surface area contributed by atoms with Crippen LogP contribution >= 0.6 is 11.3 Å². The number of nitrogens with one attached hydrogen (secondary N) is 1. The SMILES string of the molecule is O=c1[nH]c(-c2ccccc2)nc2c1CN(Cc1cscn1)CC2. The molecule has 5 nitrogen and oxygen atoms in total. The third-order valence-corrected chi connectivity index (χ3v) is 4.70. The first-order valence-electron chi connectivity index (χ1n) is 7.56. The van der Waals surface area contributed by atoms with Crippen LogP contribution in [0.25, 0.3) is 11.4 Å². The van der Waals surface area contributed by atoms with Crippen molar-refractivity contribution < 1.29 is 0 Å². The Bertz CT molecular complexity index is 858. The minimum absolute atomic E-state index is 0.0307. The molecule has 6 heteroatoms. The summed E-state index contributed by atoms with van der Waals surface area (Å²) in [5, 5.41) is 2.05. The molecular formula is C17H16N4OS. The van der Waals surface area contributed by atoms with Gasteiger partial charge in [-0.15, -0.1) is 11.3 Å². The number of hydrogen-bond donors (Lipinski definition) is 1. The Kier molecular flexibility index (Phi) is 3.77. The maximum atomic E-state index is 12.5. The largest absolute Gasteiger partial charge is 0.306 e. The maximum Gasteiger partial charge on any atom is 0.255 e. The Morgan fingerprint density at radius 3 is 2.91 bits per heavy atom. The summed E-state index contributed by atoms with van der Waals surface area (Å²) >= 11 is 1.60. The fourth-order valence-electron chi connectivity index (χ4n) is 2.89. The van der Waals surface area contributed by atoms with Crippen molar-refractivity contribution >= 4 is 11.3 Å². The van der Waals surface area contributed by atoms with Gasteiger partial charge >= 0.3 is 0 Å². The fourth-order valence-corrected chi connectivity index (χ4v) is 3.44. The first-order valence-corrected chi connectivity index (χ1v) is 8.51. The van der Waals surface area contributed by atoms with Crippen LogP contribution in [0.1, 0.15) is 17.0 Å². The predicted molar refractivity (Wildman–Crippen MR) is 90.2 cm³/mol. The van der Waals surface area contributed by atoms with Crippen molar-refractivity contribution in [3.05, 3.63) is 68.5 Å². The zero-order valence-corrected chi connectivity index (χ0v) is 13.3. The molecule has 3 heterocycles. The number of hydrogen-bond acceptors (Lipinski definition) is 5. The quantitative estimate of drug-likeness (QED) is 0.804. The van der Waals surface area contributed by atoms with Gasteiger partial charge in [-0.1, -0.05) is 30.3 Å². The van der Waals surface area contributed by atoms with E-state index in [4.69, 9.17) is 0 Å². The summed E-state index contributed by atoms with van der Waals surface area (Å²) in [6.07, 6.45) is 0.795. The van der Waals surface area contributed by atoms with E-state index < -0.39 is 0 Å². The summed E-state index contributed by atoms with van der Waals surface area (Å²) in [5.41, 5.74) is 5.51. The molecule has 1 aliphatic heterocycles. The third kappa shape index (κ3) is 2.95. The van der Waals surface area contributed by atoms with Gasteiger partial charge in [0.15, 0.2) is 0 Å². The number of nitrogens with zero attached hydrogens (tertiary/aromatic N) is 3. The van der Waals surface area contributed by atoms with Crippen LogP contribution in [0, 0.1) is 0 Å². The lowest BCUT2D eigenvalue weighted by atomic mass is 10.1. The Hall–Kier alpha value is -2.31. The van der Waals surface area contributed by atoms with E-state index in [9.17, 15) is 4.79 Å². The first-order chi connectivity index (χ1) is 11.3. The summed E-state index contributed by atoms with van der Waals surface area (Å²) in [5.74, 6) is 0.655. The van der Waals surface area contributed by atoms with Crippen LogP contribution in [-0.4, -0.2) is 26.4 Å². The normalized spacial score (nSPS) is 14.6. The van der Waals surface area contributed by atoms with Gasteiger partial charge < -0.3 is 4.98 Å². The van der Waals surface area contributed by atoms with Crippen LogP contribution in [-0.2, 0) is 19.5 Å². The highest BCUT2D eigenvalue weighted by Crippen LogP contribution is 2.19. The molecule has 116 valence electrons. The lowest BCUT2D eigenvalue weighted by Gasteiger charge is -2.27. The number of H-pyrrole nitrogens is 1. The van der Waals surface area contributed by atoms with E-state index in [-0.39, 0.29) is 5.56 Å². The van der Waals surface area contributed by atoms with Crippen molar-refractivity contribution in [3.8, 4) is 11.4 Å². The van der Waals surface area contributed by atoms with Gasteiger partial charge in [-0.3, -0.25) is 9.69 Å². The van der Waals surface area contributed by atoms with Crippen molar-refractivity contribution in [2.24, 2.45) is 0 Å². The van der Waals surface area contributed by atoms with Crippen LogP contribution in [0.5, 0.6) is 0 Å². The van der Waals surface area contributed by atoms with Crippen molar-refractivity contribution in [3.63, 3.8) is 0 Å². The fraction of sp³-hybridized carbons (Fsp3) is 0.235. The zero-order chi connectivity index (χ0) is 15.6. The predicted octanol–water partition coefficient (Wildman–Crippen LogP) is 2.45. The van der Waals surface area contributed by atoms with E-state index in [0.717, 1.165) is 42.0 Å².